The summed E-state index contributed by atoms with van der Waals surface area (Å²) in [5.74, 6) is -0.333. The maximum absolute atomic E-state index is 14.3. The summed E-state index contributed by atoms with van der Waals surface area (Å²) >= 11 is 0. The van der Waals surface area contributed by atoms with Gasteiger partial charge in [0, 0.05) is 30.1 Å². The van der Waals surface area contributed by atoms with E-state index in [4.69, 9.17) is 4.74 Å². The molecule has 0 saturated heterocycles. The summed E-state index contributed by atoms with van der Waals surface area (Å²) in [6, 6.07) is 5.06. The number of allylic oxidation sites excluding steroid dienone is 1. The summed E-state index contributed by atoms with van der Waals surface area (Å²) < 4.78 is 20.1. The maximum Gasteiger partial charge on any atom is 0.344 e. The largest absolute Gasteiger partial charge is 0.379 e. The van der Waals surface area contributed by atoms with Crippen molar-refractivity contribution in [2.24, 2.45) is 0 Å². The first kappa shape index (κ1) is 21.0. The van der Waals surface area contributed by atoms with Gasteiger partial charge in [-0.2, -0.15) is 0 Å². The summed E-state index contributed by atoms with van der Waals surface area (Å²) in [7, 11) is 0. The lowest BCUT2D eigenvalue weighted by molar-refractivity contribution is 0.0566. The molecule has 5 heteroatoms. The van der Waals surface area contributed by atoms with Crippen molar-refractivity contribution in [2.45, 2.75) is 58.5 Å². The first-order chi connectivity index (χ1) is 13.1. The fraction of sp³-hybridized carbons (Fsp3) is 0.455. The molecule has 0 amide bonds. The number of aromatic nitrogens is 2. The molecule has 1 N–H and O–H groups in total. The zero-order valence-electron chi connectivity index (χ0n) is 16.2. The van der Waals surface area contributed by atoms with Crippen LogP contribution in [0.5, 0.6) is 0 Å². The average molecular weight is 372 g/mol. The number of ether oxygens (including phenoxy) is 1. The molecule has 4 nitrogen and oxygen atoms in total. The molecular formula is C22H29FN2O2. The molecule has 1 heterocycles. The van der Waals surface area contributed by atoms with Gasteiger partial charge in [-0.3, -0.25) is 0 Å². The van der Waals surface area contributed by atoms with E-state index in [1.54, 1.807) is 6.07 Å². The zero-order valence-corrected chi connectivity index (χ0v) is 16.2. The van der Waals surface area contributed by atoms with E-state index in [2.05, 4.69) is 29.9 Å². The van der Waals surface area contributed by atoms with Crippen LogP contribution in [0.25, 0.3) is 17.2 Å². The van der Waals surface area contributed by atoms with Crippen molar-refractivity contribution in [1.29, 1.82) is 0 Å². The molecule has 0 aliphatic carbocycles. The first-order valence-electron chi connectivity index (χ1n) is 9.73. The van der Waals surface area contributed by atoms with Gasteiger partial charge >= 0.3 is 5.69 Å². The monoisotopic (exact) mass is 372 g/mol. The number of aromatic amines is 1. The minimum absolute atomic E-state index is 0.290. The van der Waals surface area contributed by atoms with Crippen molar-refractivity contribution in [3.8, 4) is 11.1 Å². The Bertz CT molecular complexity index is 766. The van der Waals surface area contributed by atoms with Gasteiger partial charge < -0.3 is 9.72 Å². The van der Waals surface area contributed by atoms with Crippen molar-refractivity contribution in [2.75, 3.05) is 6.61 Å². The lowest BCUT2D eigenvalue weighted by Crippen LogP contribution is -2.08. The van der Waals surface area contributed by atoms with Crippen molar-refractivity contribution in [1.82, 2.24) is 9.97 Å². The molecule has 2 aromatic rings. The van der Waals surface area contributed by atoms with Gasteiger partial charge in [-0.05, 0) is 44.2 Å². The quantitative estimate of drug-likeness (QED) is 0.541. The molecule has 0 radical (unpaired) electrons. The normalized spacial score (nSPS) is 12.6. The standard InChI is InChI=1S/C22H29FN2O2/c1-3-4-8-13-27-17(2)9-6-5-7-10-18-11-12-20(21(23)14-18)19-15-24-22(26)25-16-19/h7,10-12,14-17H,3-6,8-9,13H2,1-2H3,(H,24,25,26)/b10-7+. The van der Waals surface area contributed by atoms with E-state index in [1.165, 1.54) is 31.3 Å². The molecule has 0 aliphatic rings. The smallest absolute Gasteiger partial charge is 0.344 e. The van der Waals surface area contributed by atoms with Crippen molar-refractivity contribution >= 4 is 6.08 Å². The van der Waals surface area contributed by atoms with E-state index in [-0.39, 0.29) is 11.9 Å². The molecule has 0 spiro atoms. The Morgan fingerprint density at radius 1 is 1.30 bits per heavy atom. The molecule has 0 bridgehead atoms. The first-order valence-corrected chi connectivity index (χ1v) is 9.73. The van der Waals surface area contributed by atoms with Crippen LogP contribution in [0.4, 0.5) is 4.39 Å². The number of hydrogen-bond donors (Lipinski definition) is 1. The Hall–Kier alpha value is -2.27. The second-order valence-corrected chi connectivity index (χ2v) is 6.77. The molecule has 1 aromatic carbocycles. The average Bonchev–Trinajstić information content (AvgIpc) is 2.66. The third-order valence-electron chi connectivity index (χ3n) is 4.42. The van der Waals surface area contributed by atoms with E-state index >= 15 is 0 Å². The maximum atomic E-state index is 14.3. The topological polar surface area (TPSA) is 55.0 Å². The van der Waals surface area contributed by atoms with Crippen molar-refractivity contribution in [3.63, 3.8) is 0 Å². The fourth-order valence-corrected chi connectivity index (χ4v) is 2.82. The number of hydrogen-bond acceptors (Lipinski definition) is 3. The molecule has 2 rings (SSSR count). The number of H-pyrrole nitrogens is 1. The number of halogens is 1. The van der Waals surface area contributed by atoms with Crippen LogP contribution < -0.4 is 5.69 Å². The zero-order chi connectivity index (χ0) is 19.5. The Kier molecular flexibility index (Phi) is 8.92. The third kappa shape index (κ3) is 7.47. The molecule has 27 heavy (non-hydrogen) atoms. The number of unbranched alkanes of at least 4 members (excludes halogenated alkanes) is 3. The second kappa shape index (κ2) is 11.4. The molecule has 0 fully saturated rings. The third-order valence-corrected chi connectivity index (χ3v) is 4.42. The van der Waals surface area contributed by atoms with Gasteiger partial charge in [-0.15, -0.1) is 0 Å². The number of rotatable bonds is 11. The van der Waals surface area contributed by atoms with Gasteiger partial charge in [0.2, 0.25) is 0 Å². The highest BCUT2D eigenvalue weighted by atomic mass is 19.1. The number of nitrogens with one attached hydrogen (secondary N) is 1. The van der Waals surface area contributed by atoms with Gasteiger partial charge in [0.25, 0.3) is 0 Å². The number of nitrogens with zero attached hydrogens (tertiary/aromatic N) is 1. The van der Waals surface area contributed by atoms with Crippen LogP contribution in [0.3, 0.4) is 0 Å². The SMILES string of the molecule is CCCCCOC(C)CCC/C=C/c1ccc(-c2cnc(=O)[nH]c2)c(F)c1. The second-order valence-electron chi connectivity index (χ2n) is 6.77. The Balaban J connectivity index is 1.78. The van der Waals surface area contributed by atoms with Gasteiger partial charge in [-0.1, -0.05) is 44.1 Å². The van der Waals surface area contributed by atoms with E-state index in [1.807, 2.05) is 12.1 Å². The highest BCUT2D eigenvalue weighted by molar-refractivity contribution is 5.65. The highest BCUT2D eigenvalue weighted by Gasteiger charge is 2.06. The van der Waals surface area contributed by atoms with Crippen molar-refractivity contribution in [3.05, 3.63) is 58.5 Å². The molecule has 1 aromatic heterocycles. The molecule has 146 valence electrons. The summed E-state index contributed by atoms with van der Waals surface area (Å²) in [6.07, 6.45) is 13.7. The predicted molar refractivity (Wildman–Crippen MR) is 108 cm³/mol. The van der Waals surface area contributed by atoms with E-state index in [9.17, 15) is 9.18 Å². The summed E-state index contributed by atoms with van der Waals surface area (Å²) in [6.45, 7) is 5.16. The van der Waals surface area contributed by atoms with Crippen LogP contribution in [-0.4, -0.2) is 22.7 Å². The van der Waals surface area contributed by atoms with Crippen LogP contribution >= 0.6 is 0 Å². The molecule has 0 aliphatic heterocycles. The Morgan fingerprint density at radius 2 is 2.15 bits per heavy atom. The van der Waals surface area contributed by atoms with Crippen LogP contribution in [-0.2, 0) is 4.74 Å². The summed E-state index contributed by atoms with van der Waals surface area (Å²) in [4.78, 5) is 17.1. The van der Waals surface area contributed by atoms with Crippen LogP contribution in [0, 0.1) is 5.82 Å². The van der Waals surface area contributed by atoms with Crippen LogP contribution in [0.1, 0.15) is 57.9 Å². The van der Waals surface area contributed by atoms with E-state index in [0.717, 1.165) is 37.9 Å². The highest BCUT2D eigenvalue weighted by Crippen LogP contribution is 2.22. The predicted octanol–water partition coefficient (Wildman–Crippen LogP) is 5.35. The van der Waals surface area contributed by atoms with Crippen molar-refractivity contribution < 1.29 is 9.13 Å². The Labute approximate surface area is 160 Å². The minimum Gasteiger partial charge on any atom is -0.379 e. The lowest BCUT2D eigenvalue weighted by atomic mass is 10.1. The fourth-order valence-electron chi connectivity index (χ4n) is 2.82. The minimum atomic E-state index is -0.445. The van der Waals surface area contributed by atoms with Gasteiger partial charge in [0.1, 0.15) is 5.82 Å². The van der Waals surface area contributed by atoms with Crippen LogP contribution in [0.15, 0.2) is 41.5 Å². The van der Waals surface area contributed by atoms with Gasteiger partial charge in [-0.25, -0.2) is 14.2 Å². The summed E-state index contributed by atoms with van der Waals surface area (Å²) in [5, 5.41) is 0. The molecule has 1 unspecified atom stereocenters. The molecule has 0 saturated carbocycles. The van der Waals surface area contributed by atoms with E-state index in [0.29, 0.717) is 11.1 Å². The van der Waals surface area contributed by atoms with Gasteiger partial charge in [0.05, 0.1) is 6.10 Å². The number of benzene rings is 1. The lowest BCUT2D eigenvalue weighted by Gasteiger charge is -2.12. The molecular weight excluding hydrogens is 343 g/mol. The van der Waals surface area contributed by atoms with Gasteiger partial charge in [0.15, 0.2) is 0 Å². The van der Waals surface area contributed by atoms with E-state index < -0.39 is 5.69 Å². The van der Waals surface area contributed by atoms with Crippen LogP contribution in [0.2, 0.25) is 0 Å². The Morgan fingerprint density at radius 3 is 2.85 bits per heavy atom. The molecule has 1 atom stereocenters. The summed E-state index contributed by atoms with van der Waals surface area (Å²) in [5.41, 5.74) is 1.34.